The minimum atomic E-state index is 0.904. The molecule has 0 aromatic rings. The second-order valence-electron chi connectivity index (χ2n) is 2.81. The van der Waals surface area contributed by atoms with Gasteiger partial charge >= 0.3 is 0 Å². The Morgan fingerprint density at radius 1 is 1.50 bits per heavy atom. The molecular weight excluding hydrogens is 174 g/mol. The van der Waals surface area contributed by atoms with Crippen LogP contribution in [0.15, 0.2) is 41.6 Å². The van der Waals surface area contributed by atoms with Gasteiger partial charge in [-0.05, 0) is 26.2 Å². The third-order valence-corrected chi connectivity index (χ3v) is 1.67. The van der Waals surface area contributed by atoms with E-state index in [0.29, 0.717) is 0 Å². The van der Waals surface area contributed by atoms with E-state index in [1.165, 1.54) is 5.57 Å². The lowest BCUT2D eigenvalue weighted by atomic mass is 10.1. The van der Waals surface area contributed by atoms with Crippen molar-refractivity contribution in [2.45, 2.75) is 26.2 Å². The zero-order valence-corrected chi connectivity index (χ0v) is 9.07. The average Bonchev–Trinajstić information content (AvgIpc) is 2.20. The maximum Gasteiger partial charge on any atom is 0.106 e. The molecule has 0 N–H and O–H groups in total. The highest BCUT2D eigenvalue weighted by Gasteiger charge is 1.90. The zero-order valence-electron chi connectivity index (χ0n) is 9.07. The molecule has 0 atom stereocenters. The molecule has 0 spiro atoms. The summed E-state index contributed by atoms with van der Waals surface area (Å²) in [6.45, 7) is 5.71. The Bertz CT molecular complexity index is 226. The standard InChI is InChI=1S/C12H19NO/c1-4-6-9-12(8-5-2)10-7-11-13-14-3/h4-5,8-9,11H,1,6-7,10H2,2-3H3/b8-5-,12-9?,13-11+. The summed E-state index contributed by atoms with van der Waals surface area (Å²) in [5.74, 6) is 0. The monoisotopic (exact) mass is 193 g/mol. The number of hydrogen-bond acceptors (Lipinski definition) is 2. The first kappa shape index (κ1) is 12.7. The second kappa shape index (κ2) is 9.78. The van der Waals surface area contributed by atoms with Gasteiger partial charge in [0.25, 0.3) is 0 Å². The van der Waals surface area contributed by atoms with E-state index in [1.54, 1.807) is 13.3 Å². The van der Waals surface area contributed by atoms with Gasteiger partial charge in [0.05, 0.1) is 0 Å². The van der Waals surface area contributed by atoms with Crippen molar-refractivity contribution in [3.8, 4) is 0 Å². The second-order valence-corrected chi connectivity index (χ2v) is 2.81. The molecule has 0 saturated carbocycles. The molecule has 0 aliphatic rings. The number of nitrogens with zero attached hydrogens (tertiary/aromatic N) is 1. The minimum Gasteiger partial charge on any atom is -0.399 e. The molecule has 0 aromatic carbocycles. The van der Waals surface area contributed by atoms with Crippen molar-refractivity contribution in [1.29, 1.82) is 0 Å². The fourth-order valence-electron chi connectivity index (χ4n) is 1.06. The first-order valence-corrected chi connectivity index (χ1v) is 4.82. The fraction of sp³-hybridized carbons (Fsp3) is 0.417. The molecule has 0 bridgehead atoms. The number of allylic oxidation sites excluding steroid dienone is 5. The molecule has 0 saturated heterocycles. The van der Waals surface area contributed by atoms with Gasteiger partial charge in [0.15, 0.2) is 0 Å². The van der Waals surface area contributed by atoms with Crippen molar-refractivity contribution in [2.75, 3.05) is 7.11 Å². The van der Waals surface area contributed by atoms with Gasteiger partial charge in [0, 0.05) is 6.21 Å². The molecule has 0 fully saturated rings. The SMILES string of the molecule is C=CCC=C(/C=C\C)CC/C=N/OC. The molecule has 0 amide bonds. The molecule has 0 aliphatic heterocycles. The van der Waals surface area contributed by atoms with Crippen LogP contribution in [0.1, 0.15) is 26.2 Å². The maximum atomic E-state index is 4.58. The third kappa shape index (κ3) is 7.35. The molecule has 0 unspecified atom stereocenters. The molecule has 78 valence electrons. The Hall–Kier alpha value is -1.31. The van der Waals surface area contributed by atoms with E-state index < -0.39 is 0 Å². The van der Waals surface area contributed by atoms with Crippen LogP contribution in [0.5, 0.6) is 0 Å². The predicted octanol–water partition coefficient (Wildman–Crippen LogP) is 3.48. The maximum absolute atomic E-state index is 4.58. The van der Waals surface area contributed by atoms with Gasteiger partial charge in [0.1, 0.15) is 7.11 Å². The molecule has 0 aromatic heterocycles. The largest absolute Gasteiger partial charge is 0.399 e. The number of oxime groups is 1. The van der Waals surface area contributed by atoms with E-state index >= 15 is 0 Å². The van der Waals surface area contributed by atoms with Crippen LogP contribution in [-0.4, -0.2) is 13.3 Å². The number of rotatable bonds is 7. The van der Waals surface area contributed by atoms with E-state index in [0.717, 1.165) is 19.3 Å². The van der Waals surface area contributed by atoms with Crippen molar-refractivity contribution in [1.82, 2.24) is 0 Å². The van der Waals surface area contributed by atoms with Crippen LogP contribution in [-0.2, 0) is 4.84 Å². The fourth-order valence-corrected chi connectivity index (χ4v) is 1.06. The van der Waals surface area contributed by atoms with Crippen LogP contribution in [0, 0.1) is 0 Å². The molecule has 14 heavy (non-hydrogen) atoms. The normalized spacial score (nSPS) is 12.6. The number of hydrogen-bond donors (Lipinski definition) is 0. The molecule has 2 heteroatoms. The topological polar surface area (TPSA) is 21.6 Å². The van der Waals surface area contributed by atoms with Gasteiger partial charge < -0.3 is 4.84 Å². The highest BCUT2D eigenvalue weighted by molar-refractivity contribution is 5.57. The Morgan fingerprint density at radius 3 is 2.86 bits per heavy atom. The lowest BCUT2D eigenvalue weighted by molar-refractivity contribution is 0.214. The van der Waals surface area contributed by atoms with Crippen LogP contribution in [0.2, 0.25) is 0 Å². The van der Waals surface area contributed by atoms with E-state index in [4.69, 9.17) is 0 Å². The summed E-state index contributed by atoms with van der Waals surface area (Å²) in [5.41, 5.74) is 1.31. The average molecular weight is 193 g/mol. The van der Waals surface area contributed by atoms with Gasteiger partial charge in [-0.25, -0.2) is 0 Å². The summed E-state index contributed by atoms with van der Waals surface area (Å²) in [4.78, 5) is 4.58. The van der Waals surface area contributed by atoms with Gasteiger partial charge in [-0.1, -0.05) is 35.0 Å². The summed E-state index contributed by atoms with van der Waals surface area (Å²) in [7, 11) is 1.55. The van der Waals surface area contributed by atoms with Crippen molar-refractivity contribution in [2.24, 2.45) is 5.16 Å². The van der Waals surface area contributed by atoms with E-state index in [9.17, 15) is 0 Å². The van der Waals surface area contributed by atoms with Gasteiger partial charge in [-0.3, -0.25) is 0 Å². The lowest BCUT2D eigenvalue weighted by Crippen LogP contribution is -1.82. The smallest absolute Gasteiger partial charge is 0.106 e. The summed E-state index contributed by atoms with van der Waals surface area (Å²) in [5, 5.41) is 3.69. The highest BCUT2D eigenvalue weighted by Crippen LogP contribution is 2.07. The molecule has 0 aliphatic carbocycles. The van der Waals surface area contributed by atoms with Crippen LogP contribution < -0.4 is 0 Å². The predicted molar refractivity (Wildman–Crippen MR) is 62.4 cm³/mol. The molecule has 0 rings (SSSR count). The van der Waals surface area contributed by atoms with Crippen molar-refractivity contribution < 1.29 is 4.84 Å². The quantitative estimate of drug-likeness (QED) is 0.262. The molecule has 0 heterocycles. The van der Waals surface area contributed by atoms with Gasteiger partial charge in [-0.15, -0.1) is 6.58 Å². The summed E-state index contributed by atoms with van der Waals surface area (Å²) in [6, 6.07) is 0. The summed E-state index contributed by atoms with van der Waals surface area (Å²) < 4.78 is 0. The Balaban J connectivity index is 3.96. The summed E-state index contributed by atoms with van der Waals surface area (Å²) in [6.07, 6.45) is 12.8. The van der Waals surface area contributed by atoms with Crippen LogP contribution in [0.25, 0.3) is 0 Å². The molecule has 2 nitrogen and oxygen atoms in total. The van der Waals surface area contributed by atoms with Crippen LogP contribution in [0.4, 0.5) is 0 Å². The van der Waals surface area contributed by atoms with Crippen molar-refractivity contribution in [3.63, 3.8) is 0 Å². The highest BCUT2D eigenvalue weighted by atomic mass is 16.6. The zero-order chi connectivity index (χ0) is 10.6. The van der Waals surface area contributed by atoms with E-state index in [1.807, 2.05) is 19.1 Å². The third-order valence-electron chi connectivity index (χ3n) is 1.67. The molecular formula is C12H19NO. The molecule has 0 radical (unpaired) electrons. The van der Waals surface area contributed by atoms with E-state index in [2.05, 4.69) is 28.7 Å². The van der Waals surface area contributed by atoms with Crippen molar-refractivity contribution in [3.05, 3.63) is 36.5 Å². The Morgan fingerprint density at radius 2 is 2.29 bits per heavy atom. The minimum absolute atomic E-state index is 0.904. The Labute approximate surface area is 86.6 Å². The first-order valence-electron chi connectivity index (χ1n) is 4.82. The van der Waals surface area contributed by atoms with Gasteiger partial charge in [0.2, 0.25) is 0 Å². The lowest BCUT2D eigenvalue weighted by Gasteiger charge is -1.97. The van der Waals surface area contributed by atoms with Crippen LogP contribution in [0.3, 0.4) is 0 Å². The first-order chi connectivity index (χ1) is 6.85. The Kier molecular flexibility index (Phi) is 8.86. The van der Waals surface area contributed by atoms with Crippen LogP contribution >= 0.6 is 0 Å². The summed E-state index contributed by atoms with van der Waals surface area (Å²) >= 11 is 0. The van der Waals surface area contributed by atoms with Crippen molar-refractivity contribution >= 4 is 6.21 Å². The van der Waals surface area contributed by atoms with Gasteiger partial charge in [-0.2, -0.15) is 0 Å². The van der Waals surface area contributed by atoms with E-state index in [-0.39, 0.29) is 0 Å².